The molecular formula is C18H22ClNO. The van der Waals surface area contributed by atoms with Crippen molar-refractivity contribution in [2.45, 2.75) is 39.6 Å². The lowest BCUT2D eigenvalue weighted by molar-refractivity contribution is 0.107. The monoisotopic (exact) mass is 303 g/mol. The van der Waals surface area contributed by atoms with Gasteiger partial charge in [0.1, 0.15) is 0 Å². The van der Waals surface area contributed by atoms with Crippen LogP contribution >= 0.6 is 11.6 Å². The summed E-state index contributed by atoms with van der Waals surface area (Å²) in [6.07, 6.45) is 0. The van der Waals surface area contributed by atoms with Crippen LogP contribution in [0.3, 0.4) is 0 Å². The fourth-order valence-electron chi connectivity index (χ4n) is 2.06. The summed E-state index contributed by atoms with van der Waals surface area (Å²) >= 11 is 5.96. The fraction of sp³-hybridized carbons (Fsp3) is 0.333. The van der Waals surface area contributed by atoms with Crippen LogP contribution in [-0.4, -0.2) is 6.04 Å². The van der Waals surface area contributed by atoms with Crippen LogP contribution in [0.2, 0.25) is 5.02 Å². The maximum Gasteiger partial charge on any atom is 0.0721 e. The maximum absolute atomic E-state index is 5.96. The van der Waals surface area contributed by atoms with Gasteiger partial charge in [0.05, 0.1) is 13.2 Å². The Kier molecular flexibility index (Phi) is 6.24. The molecule has 0 aromatic heterocycles. The second-order valence-electron chi connectivity index (χ2n) is 5.48. The topological polar surface area (TPSA) is 21.3 Å². The Morgan fingerprint density at radius 2 is 1.57 bits per heavy atom. The molecular weight excluding hydrogens is 282 g/mol. The molecule has 0 saturated heterocycles. The Hall–Kier alpha value is -1.35. The number of hydrogen-bond donors (Lipinski definition) is 1. The Labute approximate surface area is 132 Å². The lowest BCUT2D eigenvalue weighted by Gasteiger charge is -2.10. The molecule has 0 aliphatic heterocycles. The van der Waals surface area contributed by atoms with E-state index < -0.39 is 0 Å². The zero-order valence-electron chi connectivity index (χ0n) is 12.6. The number of rotatable bonds is 7. The van der Waals surface area contributed by atoms with E-state index in [0.29, 0.717) is 19.3 Å². The molecule has 0 fully saturated rings. The molecule has 1 N–H and O–H groups in total. The lowest BCUT2D eigenvalue weighted by atomic mass is 10.1. The molecule has 0 aliphatic rings. The first-order chi connectivity index (χ1) is 10.1. The van der Waals surface area contributed by atoms with Crippen LogP contribution in [0.4, 0.5) is 0 Å². The zero-order chi connectivity index (χ0) is 15.1. The van der Waals surface area contributed by atoms with Gasteiger partial charge in [-0.2, -0.15) is 0 Å². The molecule has 0 aliphatic carbocycles. The van der Waals surface area contributed by atoms with Gasteiger partial charge in [-0.25, -0.2) is 0 Å². The lowest BCUT2D eigenvalue weighted by Crippen LogP contribution is -2.21. The van der Waals surface area contributed by atoms with Gasteiger partial charge >= 0.3 is 0 Å². The van der Waals surface area contributed by atoms with Crippen molar-refractivity contribution in [3.05, 3.63) is 70.2 Å². The Bertz CT molecular complexity index is 569. The first kappa shape index (κ1) is 16.0. The first-order valence-corrected chi connectivity index (χ1v) is 7.64. The molecule has 0 unspecified atom stereocenters. The van der Waals surface area contributed by atoms with E-state index in [2.05, 4.69) is 43.4 Å². The SMILES string of the molecule is CC(C)NCc1cccc(COCc2cccc(Cl)c2)c1. The summed E-state index contributed by atoms with van der Waals surface area (Å²) in [6, 6.07) is 16.8. The number of ether oxygens (including phenoxy) is 1. The van der Waals surface area contributed by atoms with Gasteiger partial charge in [0.25, 0.3) is 0 Å². The molecule has 3 heteroatoms. The number of halogens is 1. The van der Waals surface area contributed by atoms with Crippen molar-refractivity contribution in [2.24, 2.45) is 0 Å². The minimum atomic E-state index is 0.493. The molecule has 21 heavy (non-hydrogen) atoms. The third-order valence-corrected chi connectivity index (χ3v) is 3.37. The van der Waals surface area contributed by atoms with E-state index in [1.807, 2.05) is 24.3 Å². The van der Waals surface area contributed by atoms with Gasteiger partial charge in [-0.3, -0.25) is 0 Å². The van der Waals surface area contributed by atoms with E-state index in [1.165, 1.54) is 11.1 Å². The molecule has 2 rings (SSSR count). The molecule has 0 saturated carbocycles. The summed E-state index contributed by atoms with van der Waals surface area (Å²) in [5.41, 5.74) is 3.58. The Morgan fingerprint density at radius 1 is 0.952 bits per heavy atom. The number of nitrogens with one attached hydrogen (secondary N) is 1. The molecule has 112 valence electrons. The van der Waals surface area contributed by atoms with Crippen LogP contribution in [0.1, 0.15) is 30.5 Å². The zero-order valence-corrected chi connectivity index (χ0v) is 13.4. The highest BCUT2D eigenvalue weighted by Crippen LogP contribution is 2.13. The molecule has 0 heterocycles. The first-order valence-electron chi connectivity index (χ1n) is 7.27. The maximum atomic E-state index is 5.96. The highest BCUT2D eigenvalue weighted by molar-refractivity contribution is 6.30. The molecule has 2 aromatic carbocycles. The molecule has 2 aromatic rings. The largest absolute Gasteiger partial charge is 0.372 e. The third-order valence-electron chi connectivity index (χ3n) is 3.13. The van der Waals surface area contributed by atoms with Crippen LogP contribution in [0.25, 0.3) is 0 Å². The van der Waals surface area contributed by atoms with Crippen molar-refractivity contribution >= 4 is 11.6 Å². The summed E-state index contributed by atoms with van der Waals surface area (Å²) in [5, 5.41) is 4.17. The highest BCUT2D eigenvalue weighted by Gasteiger charge is 1.99. The highest BCUT2D eigenvalue weighted by atomic mass is 35.5. The van der Waals surface area contributed by atoms with Crippen molar-refractivity contribution in [3.8, 4) is 0 Å². The standard InChI is InChI=1S/C18H22ClNO/c1-14(2)20-11-15-5-3-6-16(9-15)12-21-13-17-7-4-8-18(19)10-17/h3-10,14,20H,11-13H2,1-2H3. The predicted molar refractivity (Wildman–Crippen MR) is 88.4 cm³/mol. The smallest absolute Gasteiger partial charge is 0.0721 e. The van der Waals surface area contributed by atoms with Crippen LogP contribution < -0.4 is 5.32 Å². The molecule has 0 radical (unpaired) electrons. The minimum absolute atomic E-state index is 0.493. The van der Waals surface area contributed by atoms with Crippen LogP contribution in [-0.2, 0) is 24.5 Å². The average molecular weight is 304 g/mol. The van der Waals surface area contributed by atoms with Crippen molar-refractivity contribution in [3.63, 3.8) is 0 Å². The van der Waals surface area contributed by atoms with E-state index in [4.69, 9.17) is 16.3 Å². The summed E-state index contributed by atoms with van der Waals surface area (Å²) in [6.45, 7) is 6.38. The molecule has 2 nitrogen and oxygen atoms in total. The second kappa shape index (κ2) is 8.18. The minimum Gasteiger partial charge on any atom is -0.372 e. The normalized spacial score (nSPS) is 11.0. The van der Waals surface area contributed by atoms with E-state index in [0.717, 1.165) is 17.1 Å². The van der Waals surface area contributed by atoms with E-state index >= 15 is 0 Å². The predicted octanol–water partition coefficient (Wildman–Crippen LogP) is 4.55. The molecule has 0 spiro atoms. The summed E-state index contributed by atoms with van der Waals surface area (Å²) in [4.78, 5) is 0. The van der Waals surface area contributed by atoms with Gasteiger partial charge in [0, 0.05) is 17.6 Å². The van der Waals surface area contributed by atoms with Crippen molar-refractivity contribution < 1.29 is 4.74 Å². The summed E-state index contributed by atoms with van der Waals surface area (Å²) in [5.74, 6) is 0. The van der Waals surface area contributed by atoms with Crippen LogP contribution in [0, 0.1) is 0 Å². The van der Waals surface area contributed by atoms with Gasteiger partial charge in [-0.15, -0.1) is 0 Å². The van der Waals surface area contributed by atoms with Gasteiger partial charge in [-0.05, 0) is 28.8 Å². The van der Waals surface area contributed by atoms with Crippen LogP contribution in [0.5, 0.6) is 0 Å². The van der Waals surface area contributed by atoms with E-state index in [1.54, 1.807) is 0 Å². The van der Waals surface area contributed by atoms with Crippen molar-refractivity contribution in [1.82, 2.24) is 5.32 Å². The summed E-state index contributed by atoms with van der Waals surface area (Å²) in [7, 11) is 0. The molecule has 0 amide bonds. The fourth-order valence-corrected chi connectivity index (χ4v) is 2.28. The third kappa shape index (κ3) is 5.88. The van der Waals surface area contributed by atoms with Crippen molar-refractivity contribution in [2.75, 3.05) is 0 Å². The number of hydrogen-bond acceptors (Lipinski definition) is 2. The van der Waals surface area contributed by atoms with Crippen LogP contribution in [0.15, 0.2) is 48.5 Å². The van der Waals surface area contributed by atoms with Gasteiger partial charge in [-0.1, -0.05) is 61.8 Å². The molecule has 0 atom stereocenters. The Balaban J connectivity index is 1.84. The average Bonchev–Trinajstić information content (AvgIpc) is 2.46. The van der Waals surface area contributed by atoms with Crippen molar-refractivity contribution in [1.29, 1.82) is 0 Å². The van der Waals surface area contributed by atoms with Gasteiger partial charge in [0.2, 0.25) is 0 Å². The van der Waals surface area contributed by atoms with Gasteiger partial charge in [0.15, 0.2) is 0 Å². The molecule has 0 bridgehead atoms. The van der Waals surface area contributed by atoms with Gasteiger partial charge < -0.3 is 10.1 Å². The van der Waals surface area contributed by atoms with E-state index in [-0.39, 0.29) is 0 Å². The summed E-state index contributed by atoms with van der Waals surface area (Å²) < 4.78 is 5.76. The Morgan fingerprint density at radius 3 is 2.24 bits per heavy atom. The quantitative estimate of drug-likeness (QED) is 0.810. The second-order valence-corrected chi connectivity index (χ2v) is 5.91. The van der Waals surface area contributed by atoms with E-state index in [9.17, 15) is 0 Å². The number of benzene rings is 2.